The molecule has 3 aromatic rings. The second-order valence-electron chi connectivity index (χ2n) is 7.11. The summed E-state index contributed by atoms with van der Waals surface area (Å²) in [7, 11) is -3.43. The fraction of sp³-hybridized carbons (Fsp3) is 0.474. The number of anilines is 1. The molecule has 0 amide bonds. The average Bonchev–Trinajstić information content (AvgIpc) is 3.41. The molecule has 1 fully saturated rings. The molecule has 9 nitrogen and oxygen atoms in total. The van der Waals surface area contributed by atoms with Crippen LogP contribution < -0.4 is 5.32 Å². The van der Waals surface area contributed by atoms with Crippen LogP contribution in [0.25, 0.3) is 0 Å². The number of hydrogen-bond acceptors (Lipinski definition) is 9. The molecule has 1 aliphatic heterocycles. The predicted octanol–water partition coefficient (Wildman–Crippen LogP) is 2.61. The number of ether oxygens (including phenoxy) is 1. The van der Waals surface area contributed by atoms with Gasteiger partial charge in [0.15, 0.2) is 15.7 Å². The first-order valence-corrected chi connectivity index (χ1v) is 12.3. The van der Waals surface area contributed by atoms with E-state index in [1.807, 2.05) is 19.9 Å². The largest absolute Gasteiger partial charge is 0.381 e. The third kappa shape index (κ3) is 4.09. The van der Waals surface area contributed by atoms with Crippen LogP contribution in [0.1, 0.15) is 42.2 Å². The fourth-order valence-corrected chi connectivity index (χ4v) is 5.97. The topological polar surface area (TPSA) is 112 Å². The smallest absolute Gasteiger partial charge is 0.181 e. The van der Waals surface area contributed by atoms with Crippen molar-refractivity contribution >= 4 is 26.9 Å². The molecule has 160 valence electrons. The van der Waals surface area contributed by atoms with E-state index in [0.717, 1.165) is 10.6 Å². The molecule has 0 radical (unpaired) electrons. The Labute approximate surface area is 179 Å². The highest BCUT2D eigenvalue weighted by atomic mass is 32.2. The Morgan fingerprint density at radius 3 is 2.83 bits per heavy atom. The van der Waals surface area contributed by atoms with E-state index in [2.05, 4.69) is 25.8 Å². The quantitative estimate of drug-likeness (QED) is 0.587. The number of hydrogen-bond donors (Lipinski definition) is 1. The molecule has 1 saturated heterocycles. The van der Waals surface area contributed by atoms with E-state index < -0.39 is 21.1 Å². The van der Waals surface area contributed by atoms with Gasteiger partial charge in [0.1, 0.15) is 6.04 Å². The van der Waals surface area contributed by atoms with Gasteiger partial charge in [-0.25, -0.2) is 18.1 Å². The van der Waals surface area contributed by atoms with Crippen molar-refractivity contribution in [2.75, 3.05) is 18.5 Å². The van der Waals surface area contributed by atoms with Crippen LogP contribution in [-0.4, -0.2) is 52.1 Å². The number of benzene rings is 1. The SMILES string of the molecule is CCn1nnnc1C(Nc1cccc(S(=O)(=O)C2CCOCC2)c1)c1ncsc1C. The van der Waals surface area contributed by atoms with Gasteiger partial charge in [0.25, 0.3) is 0 Å². The number of sulfone groups is 1. The van der Waals surface area contributed by atoms with Crippen LogP contribution in [0.4, 0.5) is 5.69 Å². The molecule has 0 aliphatic carbocycles. The van der Waals surface area contributed by atoms with Crippen LogP contribution >= 0.6 is 11.3 Å². The summed E-state index contributed by atoms with van der Waals surface area (Å²) in [5, 5.41) is 15.0. The summed E-state index contributed by atoms with van der Waals surface area (Å²) in [6.45, 7) is 5.53. The maximum Gasteiger partial charge on any atom is 0.181 e. The monoisotopic (exact) mass is 448 g/mol. The molecule has 1 atom stereocenters. The molecule has 1 aliphatic rings. The van der Waals surface area contributed by atoms with Gasteiger partial charge in [-0.1, -0.05) is 6.07 Å². The zero-order valence-corrected chi connectivity index (χ0v) is 18.5. The highest BCUT2D eigenvalue weighted by Crippen LogP contribution is 2.30. The van der Waals surface area contributed by atoms with Gasteiger partial charge in [0, 0.05) is 30.3 Å². The predicted molar refractivity (Wildman–Crippen MR) is 113 cm³/mol. The van der Waals surface area contributed by atoms with Gasteiger partial charge in [0.05, 0.1) is 21.3 Å². The Morgan fingerprint density at radius 2 is 2.13 bits per heavy atom. The molecule has 30 heavy (non-hydrogen) atoms. The average molecular weight is 449 g/mol. The molecule has 0 bridgehead atoms. The molecule has 11 heteroatoms. The number of aromatic nitrogens is 5. The molecule has 0 saturated carbocycles. The standard InChI is InChI=1S/C19H24N6O3S2/c1-3-25-19(22-23-24-25)18(17-13(2)29-12-20-17)21-14-5-4-6-16(11-14)30(26,27)15-7-9-28-10-8-15/h4-6,11-12,15,18,21H,3,7-10H2,1-2H3. The van der Waals surface area contributed by atoms with Crippen LogP contribution in [0, 0.1) is 6.92 Å². The molecule has 1 unspecified atom stereocenters. The number of nitrogens with zero attached hydrogens (tertiary/aromatic N) is 5. The lowest BCUT2D eigenvalue weighted by molar-refractivity contribution is 0.0983. The highest BCUT2D eigenvalue weighted by molar-refractivity contribution is 7.92. The van der Waals surface area contributed by atoms with Gasteiger partial charge < -0.3 is 10.1 Å². The summed E-state index contributed by atoms with van der Waals surface area (Å²) in [6.07, 6.45) is 1.04. The summed E-state index contributed by atoms with van der Waals surface area (Å²) in [5.41, 5.74) is 3.28. The molecule has 4 rings (SSSR count). The number of tetrazole rings is 1. The van der Waals surface area contributed by atoms with Crippen LogP contribution in [0.3, 0.4) is 0 Å². The number of nitrogens with one attached hydrogen (secondary N) is 1. The van der Waals surface area contributed by atoms with Crippen LogP contribution in [0.15, 0.2) is 34.7 Å². The van der Waals surface area contributed by atoms with E-state index in [0.29, 0.717) is 49.0 Å². The van der Waals surface area contributed by atoms with Gasteiger partial charge in [-0.3, -0.25) is 0 Å². The maximum atomic E-state index is 13.1. The van der Waals surface area contributed by atoms with E-state index in [4.69, 9.17) is 4.74 Å². The molecule has 1 aromatic carbocycles. The molecule has 1 N–H and O–H groups in total. The van der Waals surface area contributed by atoms with Crippen molar-refractivity contribution in [2.45, 2.75) is 49.4 Å². The van der Waals surface area contributed by atoms with Crippen molar-refractivity contribution in [2.24, 2.45) is 0 Å². The summed E-state index contributed by atoms with van der Waals surface area (Å²) >= 11 is 1.54. The van der Waals surface area contributed by atoms with Crippen molar-refractivity contribution in [3.63, 3.8) is 0 Å². The minimum atomic E-state index is -3.43. The lowest BCUT2D eigenvalue weighted by Crippen LogP contribution is -2.29. The maximum absolute atomic E-state index is 13.1. The summed E-state index contributed by atoms with van der Waals surface area (Å²) in [6, 6.07) is 6.53. The summed E-state index contributed by atoms with van der Waals surface area (Å²) in [5.74, 6) is 0.629. The zero-order chi connectivity index (χ0) is 21.1. The Morgan fingerprint density at radius 1 is 1.33 bits per heavy atom. The van der Waals surface area contributed by atoms with E-state index in [-0.39, 0.29) is 0 Å². The number of rotatable bonds is 7. The normalized spacial score (nSPS) is 16.5. The minimum absolute atomic E-state index is 0.309. The molecular formula is C19H24N6O3S2. The Bertz CT molecular complexity index is 1100. The van der Waals surface area contributed by atoms with E-state index in [1.165, 1.54) is 0 Å². The fourth-order valence-electron chi connectivity index (χ4n) is 3.60. The first kappa shape index (κ1) is 20.9. The molecule has 2 aromatic heterocycles. The van der Waals surface area contributed by atoms with Crippen molar-refractivity contribution in [3.8, 4) is 0 Å². The summed E-state index contributed by atoms with van der Waals surface area (Å²) in [4.78, 5) is 5.86. The number of thiazole rings is 1. The Balaban J connectivity index is 1.67. The van der Waals surface area contributed by atoms with E-state index in [9.17, 15) is 8.42 Å². The highest BCUT2D eigenvalue weighted by Gasteiger charge is 2.30. The van der Waals surface area contributed by atoms with Gasteiger partial charge in [-0.05, 0) is 55.3 Å². The first-order valence-electron chi connectivity index (χ1n) is 9.85. The second-order valence-corrected chi connectivity index (χ2v) is 10.4. The van der Waals surface area contributed by atoms with Crippen molar-refractivity contribution in [1.82, 2.24) is 25.2 Å². The Hall–Kier alpha value is -2.37. The molecule has 3 heterocycles. The lowest BCUT2D eigenvalue weighted by atomic mass is 10.1. The minimum Gasteiger partial charge on any atom is -0.381 e. The molecule has 0 spiro atoms. The van der Waals surface area contributed by atoms with E-state index >= 15 is 0 Å². The first-order chi connectivity index (χ1) is 14.5. The summed E-state index contributed by atoms with van der Waals surface area (Å²) < 4.78 is 33.2. The van der Waals surface area contributed by atoms with Gasteiger partial charge in [-0.15, -0.1) is 16.4 Å². The van der Waals surface area contributed by atoms with Crippen LogP contribution in [0.5, 0.6) is 0 Å². The third-order valence-corrected chi connectivity index (χ3v) is 8.29. The zero-order valence-electron chi connectivity index (χ0n) is 16.9. The van der Waals surface area contributed by atoms with Crippen LogP contribution in [0.2, 0.25) is 0 Å². The van der Waals surface area contributed by atoms with Gasteiger partial charge >= 0.3 is 0 Å². The van der Waals surface area contributed by atoms with Gasteiger partial charge in [-0.2, -0.15) is 0 Å². The van der Waals surface area contributed by atoms with Crippen molar-refractivity contribution < 1.29 is 13.2 Å². The second kappa shape index (κ2) is 8.78. The van der Waals surface area contributed by atoms with Gasteiger partial charge in [0.2, 0.25) is 0 Å². The molecular weight excluding hydrogens is 424 g/mol. The Kier molecular flexibility index (Phi) is 6.11. The lowest BCUT2D eigenvalue weighted by Gasteiger charge is -2.23. The van der Waals surface area contributed by atoms with Crippen molar-refractivity contribution in [1.29, 1.82) is 0 Å². The number of aryl methyl sites for hydroxylation is 2. The van der Waals surface area contributed by atoms with E-state index in [1.54, 1.807) is 39.7 Å². The van der Waals surface area contributed by atoms with Crippen molar-refractivity contribution in [3.05, 3.63) is 46.2 Å². The van der Waals surface area contributed by atoms with Crippen LogP contribution in [-0.2, 0) is 21.1 Å². The third-order valence-electron chi connectivity index (χ3n) is 5.25.